The number of carboxylic acid groups (broad SMARTS) is 1. The summed E-state index contributed by atoms with van der Waals surface area (Å²) in [5, 5.41) is 14.6. The zero-order valence-electron chi connectivity index (χ0n) is 13.4. The molecule has 0 radical (unpaired) electrons. The largest absolute Gasteiger partial charge is 0.481 e. The predicted octanol–water partition coefficient (Wildman–Crippen LogP) is 3.15. The predicted molar refractivity (Wildman–Crippen MR) is 83.2 cm³/mol. The highest BCUT2D eigenvalue weighted by Gasteiger charge is 2.22. The summed E-state index contributed by atoms with van der Waals surface area (Å²) in [6, 6.07) is 0.143. The lowest BCUT2D eigenvalue weighted by Crippen LogP contribution is -2.44. The van der Waals surface area contributed by atoms with Gasteiger partial charge in [0.15, 0.2) is 0 Å². The molecule has 0 spiro atoms. The molecule has 122 valence electrons. The van der Waals surface area contributed by atoms with E-state index >= 15 is 0 Å². The quantitative estimate of drug-likeness (QED) is 0.612. The van der Waals surface area contributed by atoms with Gasteiger partial charge in [-0.25, -0.2) is 4.79 Å². The third-order valence-electron chi connectivity index (χ3n) is 4.65. The highest BCUT2D eigenvalue weighted by atomic mass is 16.4. The molecule has 0 aromatic carbocycles. The second kappa shape index (κ2) is 9.64. The molecule has 1 rings (SSSR count). The maximum Gasteiger partial charge on any atom is 0.315 e. The van der Waals surface area contributed by atoms with E-state index < -0.39 is 5.97 Å². The maximum absolute atomic E-state index is 11.8. The van der Waals surface area contributed by atoms with E-state index in [2.05, 4.69) is 24.5 Å². The fourth-order valence-electron chi connectivity index (χ4n) is 3.10. The first-order chi connectivity index (χ1) is 10.0. The van der Waals surface area contributed by atoms with Gasteiger partial charge in [-0.1, -0.05) is 26.2 Å². The van der Waals surface area contributed by atoms with Crippen LogP contribution >= 0.6 is 0 Å². The molecular weight excluding hydrogens is 268 g/mol. The van der Waals surface area contributed by atoms with E-state index in [1.54, 1.807) is 0 Å². The highest BCUT2D eigenvalue weighted by Crippen LogP contribution is 2.27. The zero-order valence-corrected chi connectivity index (χ0v) is 13.4. The summed E-state index contributed by atoms with van der Waals surface area (Å²) in [5.74, 6) is 0.243. The lowest BCUT2D eigenvalue weighted by atomic mass is 9.97. The minimum atomic E-state index is -0.746. The second-order valence-electron chi connectivity index (χ2n) is 6.23. The molecule has 0 bridgehead atoms. The van der Waals surface area contributed by atoms with Gasteiger partial charge in [-0.2, -0.15) is 0 Å². The number of hydrogen-bond acceptors (Lipinski definition) is 2. The van der Waals surface area contributed by atoms with Crippen molar-refractivity contribution in [3.8, 4) is 0 Å². The van der Waals surface area contributed by atoms with Crippen LogP contribution in [0, 0.1) is 11.8 Å². The molecule has 1 saturated carbocycles. The zero-order chi connectivity index (χ0) is 15.7. The molecule has 21 heavy (non-hydrogen) atoms. The summed E-state index contributed by atoms with van der Waals surface area (Å²) in [5.41, 5.74) is 0. The Morgan fingerprint density at radius 3 is 2.48 bits per heavy atom. The Bertz CT molecular complexity index is 327. The average molecular weight is 298 g/mol. The molecule has 2 atom stereocenters. The number of carboxylic acids is 1. The molecule has 5 heteroatoms. The minimum absolute atomic E-state index is 0.0949. The van der Waals surface area contributed by atoms with E-state index in [1.165, 1.54) is 25.7 Å². The highest BCUT2D eigenvalue weighted by molar-refractivity contribution is 5.74. The number of nitrogens with one attached hydrogen (secondary N) is 2. The Kier molecular flexibility index (Phi) is 8.16. The molecule has 0 aromatic rings. The van der Waals surface area contributed by atoms with E-state index in [-0.39, 0.29) is 18.5 Å². The topological polar surface area (TPSA) is 78.4 Å². The number of amides is 2. The van der Waals surface area contributed by atoms with Crippen LogP contribution in [0.1, 0.15) is 65.2 Å². The maximum atomic E-state index is 11.8. The number of aliphatic carboxylic acids is 1. The summed E-state index contributed by atoms with van der Waals surface area (Å²) < 4.78 is 0. The smallest absolute Gasteiger partial charge is 0.315 e. The van der Waals surface area contributed by atoms with Crippen LogP contribution in [-0.4, -0.2) is 29.7 Å². The molecule has 5 nitrogen and oxygen atoms in total. The Hall–Kier alpha value is -1.26. The van der Waals surface area contributed by atoms with Crippen molar-refractivity contribution < 1.29 is 14.7 Å². The van der Waals surface area contributed by atoms with Crippen LogP contribution in [0.4, 0.5) is 4.79 Å². The Morgan fingerprint density at radius 2 is 1.90 bits per heavy atom. The number of carbonyl (C=O) groups excluding carboxylic acids is 1. The summed E-state index contributed by atoms with van der Waals surface area (Å²) in [4.78, 5) is 22.4. The van der Waals surface area contributed by atoms with E-state index in [1.807, 2.05) is 0 Å². The van der Waals surface area contributed by atoms with Gasteiger partial charge in [0.1, 0.15) is 0 Å². The van der Waals surface area contributed by atoms with Crippen LogP contribution < -0.4 is 10.6 Å². The molecule has 0 heterocycles. The summed E-state index contributed by atoms with van der Waals surface area (Å²) in [6.45, 7) is 4.76. The van der Waals surface area contributed by atoms with Crippen molar-refractivity contribution in [3.63, 3.8) is 0 Å². The van der Waals surface area contributed by atoms with Crippen molar-refractivity contribution in [2.24, 2.45) is 11.8 Å². The standard InChI is InChI=1S/C16H30N2O3/c1-3-13(8-9-15(19)20)10-11-17-16(21)18-12(2)14-6-4-5-7-14/h12-14H,3-11H2,1-2H3,(H,19,20)(H2,17,18,21). The van der Waals surface area contributed by atoms with E-state index in [4.69, 9.17) is 5.11 Å². The van der Waals surface area contributed by atoms with Gasteiger partial charge < -0.3 is 15.7 Å². The van der Waals surface area contributed by atoms with Gasteiger partial charge in [0, 0.05) is 19.0 Å². The van der Waals surface area contributed by atoms with Gasteiger partial charge in [-0.05, 0) is 44.4 Å². The summed E-state index contributed by atoms with van der Waals surface area (Å²) in [6.07, 6.45) is 7.68. The van der Waals surface area contributed by atoms with Crippen molar-refractivity contribution in [1.29, 1.82) is 0 Å². The number of rotatable bonds is 9. The van der Waals surface area contributed by atoms with Crippen LogP contribution in [0.5, 0.6) is 0 Å². The molecule has 0 aliphatic heterocycles. The van der Waals surface area contributed by atoms with Crippen molar-refractivity contribution in [1.82, 2.24) is 10.6 Å². The summed E-state index contributed by atoms with van der Waals surface area (Å²) >= 11 is 0. The molecule has 1 fully saturated rings. The number of urea groups is 1. The van der Waals surface area contributed by atoms with Gasteiger partial charge in [-0.15, -0.1) is 0 Å². The normalized spacial score (nSPS) is 18.2. The van der Waals surface area contributed by atoms with E-state index in [0.29, 0.717) is 24.8 Å². The van der Waals surface area contributed by atoms with Gasteiger partial charge in [0.25, 0.3) is 0 Å². The molecule has 1 aliphatic rings. The lowest BCUT2D eigenvalue weighted by molar-refractivity contribution is -0.137. The lowest BCUT2D eigenvalue weighted by Gasteiger charge is -2.21. The summed E-state index contributed by atoms with van der Waals surface area (Å²) in [7, 11) is 0. The van der Waals surface area contributed by atoms with Crippen LogP contribution in [0.15, 0.2) is 0 Å². The van der Waals surface area contributed by atoms with Crippen molar-refractivity contribution in [2.75, 3.05) is 6.54 Å². The Labute approximate surface area is 127 Å². The van der Waals surface area contributed by atoms with Gasteiger partial charge in [0.05, 0.1) is 0 Å². The second-order valence-corrected chi connectivity index (χ2v) is 6.23. The number of hydrogen-bond donors (Lipinski definition) is 3. The van der Waals surface area contributed by atoms with Gasteiger partial charge >= 0.3 is 12.0 Å². The SMILES string of the molecule is CCC(CCNC(=O)NC(C)C1CCCC1)CCC(=O)O. The van der Waals surface area contributed by atoms with Crippen molar-refractivity contribution >= 4 is 12.0 Å². The van der Waals surface area contributed by atoms with Crippen molar-refractivity contribution in [2.45, 2.75) is 71.3 Å². The number of carbonyl (C=O) groups is 2. The first-order valence-electron chi connectivity index (χ1n) is 8.29. The molecule has 0 saturated heterocycles. The molecule has 3 N–H and O–H groups in total. The third kappa shape index (κ3) is 7.34. The van der Waals surface area contributed by atoms with Crippen LogP contribution in [0.25, 0.3) is 0 Å². The minimum Gasteiger partial charge on any atom is -0.481 e. The first-order valence-corrected chi connectivity index (χ1v) is 8.29. The Balaban J connectivity index is 2.15. The molecule has 2 unspecified atom stereocenters. The van der Waals surface area contributed by atoms with Crippen LogP contribution in [0.2, 0.25) is 0 Å². The van der Waals surface area contributed by atoms with Crippen molar-refractivity contribution in [3.05, 3.63) is 0 Å². The van der Waals surface area contributed by atoms with Gasteiger partial charge in [0.2, 0.25) is 0 Å². The molecule has 2 amide bonds. The van der Waals surface area contributed by atoms with Crippen LogP contribution in [-0.2, 0) is 4.79 Å². The Morgan fingerprint density at radius 1 is 1.24 bits per heavy atom. The molecule has 0 aromatic heterocycles. The monoisotopic (exact) mass is 298 g/mol. The fraction of sp³-hybridized carbons (Fsp3) is 0.875. The first kappa shape index (κ1) is 17.8. The molecule has 1 aliphatic carbocycles. The third-order valence-corrected chi connectivity index (χ3v) is 4.65. The average Bonchev–Trinajstić information content (AvgIpc) is 2.96. The van der Waals surface area contributed by atoms with E-state index in [9.17, 15) is 9.59 Å². The van der Waals surface area contributed by atoms with Gasteiger partial charge in [-0.3, -0.25) is 4.79 Å². The van der Waals surface area contributed by atoms with Crippen LogP contribution in [0.3, 0.4) is 0 Å². The molecular formula is C16H30N2O3. The van der Waals surface area contributed by atoms with E-state index in [0.717, 1.165) is 12.8 Å². The fourth-order valence-corrected chi connectivity index (χ4v) is 3.10.